The normalized spacial score (nSPS) is 11.4. The molecule has 3 aromatic rings. The number of rotatable bonds is 9. The van der Waals surface area contributed by atoms with E-state index in [1.165, 1.54) is 6.21 Å². The Hall–Kier alpha value is -3.07. The van der Waals surface area contributed by atoms with Crippen LogP contribution in [-0.2, 0) is 16.6 Å². The van der Waals surface area contributed by atoms with Gasteiger partial charge >= 0.3 is 0 Å². The summed E-state index contributed by atoms with van der Waals surface area (Å²) in [5.41, 5.74) is 4.59. The number of benzene rings is 3. The zero-order chi connectivity index (χ0) is 24.7. The lowest BCUT2D eigenvalue weighted by Gasteiger charge is -2.24. The highest BCUT2D eigenvalue weighted by atomic mass is 35.5. The highest BCUT2D eigenvalue weighted by Gasteiger charge is 2.21. The second kappa shape index (κ2) is 11.4. The van der Waals surface area contributed by atoms with Crippen LogP contribution in [0.15, 0.2) is 71.8 Å². The fourth-order valence-corrected chi connectivity index (χ4v) is 4.38. The van der Waals surface area contributed by atoms with E-state index >= 15 is 0 Å². The van der Waals surface area contributed by atoms with E-state index in [0.29, 0.717) is 17.7 Å². The number of halogens is 2. The second-order valence-corrected chi connectivity index (χ2v) is 9.93. The lowest BCUT2D eigenvalue weighted by atomic mass is 10.1. The first kappa shape index (κ1) is 25.6. The van der Waals surface area contributed by atoms with Crippen molar-refractivity contribution in [2.75, 3.05) is 17.2 Å². The number of ether oxygens (including phenoxy) is 1. The van der Waals surface area contributed by atoms with Gasteiger partial charge in [-0.2, -0.15) is 5.10 Å². The quantitative estimate of drug-likeness (QED) is 0.313. The van der Waals surface area contributed by atoms with E-state index in [1.54, 1.807) is 42.5 Å². The van der Waals surface area contributed by atoms with E-state index in [1.807, 2.05) is 31.2 Å². The van der Waals surface area contributed by atoms with Gasteiger partial charge in [0.1, 0.15) is 5.75 Å². The maximum Gasteiger partial charge on any atom is 0.271 e. The van der Waals surface area contributed by atoms with Crippen LogP contribution >= 0.6 is 23.2 Å². The Morgan fingerprint density at radius 3 is 2.35 bits per heavy atom. The molecule has 0 aliphatic rings. The first-order valence-corrected chi connectivity index (χ1v) is 12.9. The second-order valence-electron chi connectivity index (χ2n) is 7.24. The number of hydrogen-bond donors (Lipinski definition) is 1. The van der Waals surface area contributed by atoms with Crippen LogP contribution in [0.25, 0.3) is 0 Å². The summed E-state index contributed by atoms with van der Waals surface area (Å²) in [7, 11) is -3.64. The summed E-state index contributed by atoms with van der Waals surface area (Å²) < 4.78 is 31.3. The van der Waals surface area contributed by atoms with Gasteiger partial charge in [0.2, 0.25) is 10.0 Å². The Balaban J connectivity index is 1.67. The van der Waals surface area contributed by atoms with Crippen molar-refractivity contribution >= 4 is 51.0 Å². The summed E-state index contributed by atoms with van der Waals surface area (Å²) in [6.07, 6.45) is 2.62. The smallest absolute Gasteiger partial charge is 0.271 e. The molecule has 0 bridgehead atoms. The van der Waals surface area contributed by atoms with Crippen LogP contribution in [0, 0.1) is 0 Å². The minimum atomic E-state index is -3.64. The number of hydrogen-bond acceptors (Lipinski definition) is 5. The van der Waals surface area contributed by atoms with Crippen LogP contribution in [0.1, 0.15) is 28.4 Å². The molecule has 0 atom stereocenters. The molecule has 1 amide bonds. The molecule has 0 spiro atoms. The van der Waals surface area contributed by atoms with Gasteiger partial charge in [0.25, 0.3) is 5.91 Å². The molecule has 0 aromatic heterocycles. The molecule has 0 unspecified atom stereocenters. The summed E-state index contributed by atoms with van der Waals surface area (Å²) >= 11 is 12.3. The lowest BCUT2D eigenvalue weighted by molar-refractivity contribution is 0.0955. The van der Waals surface area contributed by atoms with Crippen molar-refractivity contribution in [3.05, 3.63) is 93.5 Å². The molecule has 7 nitrogen and oxygen atoms in total. The Morgan fingerprint density at radius 2 is 1.74 bits per heavy atom. The average Bonchev–Trinajstić information content (AvgIpc) is 2.80. The molecule has 34 heavy (non-hydrogen) atoms. The Labute approximate surface area is 209 Å². The number of amides is 1. The topological polar surface area (TPSA) is 88.1 Å². The zero-order valence-electron chi connectivity index (χ0n) is 18.5. The van der Waals surface area contributed by atoms with Gasteiger partial charge in [-0.1, -0.05) is 41.4 Å². The molecular weight excluding hydrogens is 497 g/mol. The van der Waals surface area contributed by atoms with Crippen molar-refractivity contribution in [3.63, 3.8) is 0 Å². The molecular formula is C24H23Cl2N3O4S. The molecule has 3 rings (SSSR count). The third-order valence-electron chi connectivity index (χ3n) is 4.71. The van der Waals surface area contributed by atoms with E-state index in [-0.39, 0.29) is 22.3 Å². The number of carbonyl (C=O) groups excluding carboxylic acids is 1. The van der Waals surface area contributed by atoms with E-state index in [2.05, 4.69) is 10.5 Å². The van der Waals surface area contributed by atoms with Gasteiger partial charge in [-0.3, -0.25) is 9.10 Å². The average molecular weight is 520 g/mol. The molecule has 0 radical (unpaired) electrons. The highest BCUT2D eigenvalue weighted by Crippen LogP contribution is 2.34. The van der Waals surface area contributed by atoms with Gasteiger partial charge in [-0.05, 0) is 66.6 Å². The SMILES string of the molecule is CCOc1ccc(/C=N\NC(=O)c2ccc(CN(c3cccc(Cl)c3Cl)S(C)(=O)=O)cc2)cc1. The van der Waals surface area contributed by atoms with Crippen molar-refractivity contribution < 1.29 is 17.9 Å². The summed E-state index contributed by atoms with van der Waals surface area (Å²) in [6.45, 7) is 2.52. The van der Waals surface area contributed by atoms with Gasteiger partial charge in [0, 0.05) is 5.56 Å². The van der Waals surface area contributed by atoms with Crippen molar-refractivity contribution in [1.29, 1.82) is 0 Å². The van der Waals surface area contributed by atoms with Crippen molar-refractivity contribution in [2.24, 2.45) is 5.10 Å². The van der Waals surface area contributed by atoms with Gasteiger partial charge in [0.05, 0.1) is 41.4 Å². The summed E-state index contributed by atoms with van der Waals surface area (Å²) in [4.78, 5) is 12.4. The van der Waals surface area contributed by atoms with Crippen molar-refractivity contribution in [3.8, 4) is 5.75 Å². The fourth-order valence-electron chi connectivity index (χ4n) is 3.04. The van der Waals surface area contributed by atoms with Gasteiger partial charge in [0.15, 0.2) is 0 Å². The Morgan fingerprint density at radius 1 is 1.06 bits per heavy atom. The van der Waals surface area contributed by atoms with E-state index in [0.717, 1.165) is 21.9 Å². The van der Waals surface area contributed by atoms with Gasteiger partial charge < -0.3 is 4.74 Å². The standard InChI is InChI=1S/C24H23Cl2N3O4S/c1-3-33-20-13-9-17(10-14-20)15-27-28-24(30)19-11-7-18(8-12-19)16-29(34(2,31)32)22-6-4-5-21(25)23(22)26/h4-15H,3,16H2,1-2H3,(H,28,30)/b27-15-. The van der Waals surface area contributed by atoms with Crippen LogP contribution in [0.2, 0.25) is 10.0 Å². The molecule has 0 saturated carbocycles. The summed E-state index contributed by atoms with van der Waals surface area (Å²) in [5.74, 6) is 0.363. The van der Waals surface area contributed by atoms with Crippen LogP contribution in [-0.4, -0.2) is 33.4 Å². The fraction of sp³-hybridized carbons (Fsp3) is 0.167. The number of nitrogens with zero attached hydrogens (tertiary/aromatic N) is 2. The molecule has 0 aliphatic heterocycles. The van der Waals surface area contributed by atoms with Crippen LogP contribution in [0.5, 0.6) is 5.75 Å². The predicted molar refractivity (Wildman–Crippen MR) is 137 cm³/mol. The van der Waals surface area contributed by atoms with Crippen LogP contribution in [0.3, 0.4) is 0 Å². The first-order chi connectivity index (χ1) is 16.2. The maximum absolute atomic E-state index is 12.4. The first-order valence-electron chi connectivity index (χ1n) is 10.3. The van der Waals surface area contributed by atoms with E-state index in [9.17, 15) is 13.2 Å². The minimum Gasteiger partial charge on any atom is -0.494 e. The number of sulfonamides is 1. The highest BCUT2D eigenvalue weighted by molar-refractivity contribution is 7.92. The third kappa shape index (κ3) is 6.72. The molecule has 3 aromatic carbocycles. The van der Waals surface area contributed by atoms with Crippen LogP contribution < -0.4 is 14.5 Å². The zero-order valence-corrected chi connectivity index (χ0v) is 20.9. The molecule has 0 aliphatic carbocycles. The molecule has 1 N–H and O–H groups in total. The number of anilines is 1. The summed E-state index contributed by atoms with van der Waals surface area (Å²) in [6, 6.07) is 18.6. The largest absolute Gasteiger partial charge is 0.494 e. The lowest BCUT2D eigenvalue weighted by Crippen LogP contribution is -2.29. The third-order valence-corrected chi connectivity index (χ3v) is 6.65. The molecule has 0 heterocycles. The Bertz CT molecular complexity index is 1280. The monoisotopic (exact) mass is 519 g/mol. The van der Waals surface area contributed by atoms with Gasteiger partial charge in [-0.25, -0.2) is 13.8 Å². The van der Waals surface area contributed by atoms with Crippen LogP contribution in [0.4, 0.5) is 5.69 Å². The Kier molecular flexibility index (Phi) is 8.55. The predicted octanol–water partition coefficient (Wildman–Crippen LogP) is 5.12. The maximum atomic E-state index is 12.4. The number of carbonyl (C=O) groups is 1. The van der Waals surface area contributed by atoms with Crippen molar-refractivity contribution in [1.82, 2.24) is 5.43 Å². The van der Waals surface area contributed by atoms with E-state index in [4.69, 9.17) is 27.9 Å². The number of nitrogens with one attached hydrogen (secondary N) is 1. The summed E-state index contributed by atoms with van der Waals surface area (Å²) in [5, 5.41) is 4.38. The van der Waals surface area contributed by atoms with Gasteiger partial charge in [-0.15, -0.1) is 0 Å². The molecule has 10 heteroatoms. The number of hydrazone groups is 1. The minimum absolute atomic E-state index is 0.0245. The van der Waals surface area contributed by atoms with E-state index < -0.39 is 15.9 Å². The molecule has 0 fully saturated rings. The van der Waals surface area contributed by atoms with Crippen molar-refractivity contribution in [2.45, 2.75) is 13.5 Å². The molecule has 0 saturated heterocycles. The molecule has 178 valence electrons.